The molecule has 0 aliphatic carbocycles. The fraction of sp³-hybridized carbons (Fsp3) is 0.444. The molecule has 2 aromatic rings. The van der Waals surface area contributed by atoms with Crippen LogP contribution in [0, 0.1) is 11.8 Å². The highest BCUT2D eigenvalue weighted by atomic mass is 32.1. The Kier molecular flexibility index (Phi) is 9.48. The molecule has 1 aliphatic rings. The molecule has 1 heterocycles. The van der Waals surface area contributed by atoms with E-state index in [0.717, 1.165) is 37.6 Å². The summed E-state index contributed by atoms with van der Waals surface area (Å²) in [7, 11) is 0. The van der Waals surface area contributed by atoms with Gasteiger partial charge < -0.3 is 19.9 Å². The van der Waals surface area contributed by atoms with E-state index in [1.54, 1.807) is 18.2 Å². The summed E-state index contributed by atoms with van der Waals surface area (Å²) in [5.74, 6) is 1.39. The van der Waals surface area contributed by atoms with Gasteiger partial charge in [-0.1, -0.05) is 33.8 Å². The van der Waals surface area contributed by atoms with E-state index in [9.17, 15) is 9.59 Å². The van der Waals surface area contributed by atoms with Crippen molar-refractivity contribution in [1.82, 2.24) is 10.2 Å². The molecule has 0 saturated carbocycles. The first-order valence-electron chi connectivity index (χ1n) is 12.2. The number of nitrogens with zero attached hydrogens (tertiary/aromatic N) is 2. The highest BCUT2D eigenvalue weighted by Crippen LogP contribution is 2.20. The first-order valence-corrected chi connectivity index (χ1v) is 12.6. The van der Waals surface area contributed by atoms with Crippen LogP contribution in [0.5, 0.6) is 5.75 Å². The zero-order chi connectivity index (χ0) is 25.4. The number of ether oxygens (including phenoxy) is 1. The Morgan fingerprint density at radius 2 is 1.66 bits per heavy atom. The molecule has 0 radical (unpaired) electrons. The largest absolute Gasteiger partial charge is 0.493 e. The summed E-state index contributed by atoms with van der Waals surface area (Å²) >= 11 is 5.33. The van der Waals surface area contributed by atoms with Crippen molar-refractivity contribution in [2.75, 3.05) is 43.0 Å². The fourth-order valence-corrected chi connectivity index (χ4v) is 3.99. The van der Waals surface area contributed by atoms with Crippen molar-refractivity contribution >= 4 is 40.5 Å². The van der Waals surface area contributed by atoms with Crippen molar-refractivity contribution < 1.29 is 14.3 Å². The van der Waals surface area contributed by atoms with Gasteiger partial charge in [0.1, 0.15) is 5.75 Å². The minimum absolute atomic E-state index is 0.230. The van der Waals surface area contributed by atoms with Gasteiger partial charge in [0.05, 0.1) is 6.61 Å². The first kappa shape index (κ1) is 26.5. The average Bonchev–Trinajstić information content (AvgIpc) is 2.83. The molecule has 1 aliphatic heterocycles. The second kappa shape index (κ2) is 12.5. The molecule has 1 fully saturated rings. The second-order valence-corrected chi connectivity index (χ2v) is 10.1. The standard InChI is InChI=1S/C27H36N4O3S/c1-19(2)16-25(32)31-14-12-30(13-15-31)23-10-8-22(9-11-23)28-27(35)29-26(33)21-6-5-7-24(17-21)34-18-20(3)4/h5-11,17,19-20H,12-16,18H2,1-4H3,(H2,28,29,33,35). The van der Waals surface area contributed by atoms with Gasteiger partial charge in [0, 0.05) is 49.5 Å². The van der Waals surface area contributed by atoms with Crippen LogP contribution >= 0.6 is 12.2 Å². The van der Waals surface area contributed by atoms with Crippen LogP contribution in [-0.2, 0) is 4.79 Å². The first-order chi connectivity index (χ1) is 16.7. The van der Waals surface area contributed by atoms with Crippen molar-refractivity contribution in [3.8, 4) is 5.75 Å². The Bertz CT molecular complexity index is 1020. The summed E-state index contributed by atoms with van der Waals surface area (Å²) in [6.07, 6.45) is 0.605. The number of amides is 2. The molecule has 0 atom stereocenters. The number of carbonyl (C=O) groups is 2. The lowest BCUT2D eigenvalue weighted by Crippen LogP contribution is -2.49. The minimum atomic E-state index is -0.293. The third-order valence-electron chi connectivity index (χ3n) is 5.61. The smallest absolute Gasteiger partial charge is 0.257 e. The number of benzene rings is 2. The molecule has 188 valence electrons. The van der Waals surface area contributed by atoms with Gasteiger partial charge >= 0.3 is 0 Å². The predicted molar refractivity (Wildman–Crippen MR) is 145 cm³/mol. The molecule has 35 heavy (non-hydrogen) atoms. The predicted octanol–water partition coefficient (Wildman–Crippen LogP) is 4.54. The van der Waals surface area contributed by atoms with Crippen molar-refractivity contribution in [2.45, 2.75) is 34.1 Å². The zero-order valence-electron chi connectivity index (χ0n) is 21.0. The van der Waals surface area contributed by atoms with E-state index >= 15 is 0 Å². The van der Waals surface area contributed by atoms with Gasteiger partial charge in [-0.05, 0) is 66.5 Å². The van der Waals surface area contributed by atoms with Crippen LogP contribution in [0.15, 0.2) is 48.5 Å². The molecule has 0 aromatic heterocycles. The quantitative estimate of drug-likeness (QED) is 0.523. The van der Waals surface area contributed by atoms with Crippen LogP contribution in [0.1, 0.15) is 44.5 Å². The summed E-state index contributed by atoms with van der Waals surface area (Å²) in [6, 6.07) is 15.0. The Balaban J connectivity index is 1.48. The number of nitrogens with one attached hydrogen (secondary N) is 2. The zero-order valence-corrected chi connectivity index (χ0v) is 21.9. The monoisotopic (exact) mass is 496 g/mol. The number of thiocarbonyl (C=S) groups is 1. The van der Waals surface area contributed by atoms with Crippen LogP contribution < -0.4 is 20.3 Å². The lowest BCUT2D eigenvalue weighted by Gasteiger charge is -2.36. The normalized spacial score (nSPS) is 13.7. The van der Waals surface area contributed by atoms with E-state index in [0.29, 0.717) is 36.2 Å². The van der Waals surface area contributed by atoms with Gasteiger partial charge in [0.2, 0.25) is 5.91 Å². The molecule has 2 amide bonds. The molecule has 2 N–H and O–H groups in total. The molecule has 7 nitrogen and oxygen atoms in total. The third-order valence-corrected chi connectivity index (χ3v) is 5.82. The van der Waals surface area contributed by atoms with Crippen molar-refractivity contribution in [3.63, 3.8) is 0 Å². The number of hydrogen-bond acceptors (Lipinski definition) is 5. The number of carbonyl (C=O) groups excluding carboxylic acids is 2. The van der Waals surface area contributed by atoms with Crippen molar-refractivity contribution in [2.24, 2.45) is 11.8 Å². The Labute approximate surface area is 213 Å². The lowest BCUT2D eigenvalue weighted by molar-refractivity contribution is -0.132. The van der Waals surface area contributed by atoms with Gasteiger partial charge in [-0.3, -0.25) is 14.9 Å². The molecule has 0 spiro atoms. The number of rotatable bonds is 8. The molecular weight excluding hydrogens is 460 g/mol. The van der Waals surface area contributed by atoms with E-state index < -0.39 is 0 Å². The maximum absolute atomic E-state index is 12.6. The number of piperazine rings is 1. The van der Waals surface area contributed by atoms with Gasteiger partial charge in [0.25, 0.3) is 5.91 Å². The lowest BCUT2D eigenvalue weighted by atomic mass is 10.1. The van der Waals surface area contributed by atoms with Crippen molar-refractivity contribution in [1.29, 1.82) is 0 Å². The van der Waals surface area contributed by atoms with E-state index in [2.05, 4.69) is 43.2 Å². The number of hydrogen-bond donors (Lipinski definition) is 2. The molecule has 0 unspecified atom stereocenters. The van der Waals surface area contributed by atoms with E-state index in [1.165, 1.54) is 0 Å². The molecule has 0 bridgehead atoms. The Morgan fingerprint density at radius 1 is 0.971 bits per heavy atom. The summed E-state index contributed by atoms with van der Waals surface area (Å²) in [4.78, 5) is 29.1. The SMILES string of the molecule is CC(C)COc1cccc(C(=O)NC(=S)Nc2ccc(N3CCN(C(=O)CC(C)C)CC3)cc2)c1. The summed E-state index contributed by atoms with van der Waals surface area (Å²) in [5, 5.41) is 6.02. The van der Waals surface area contributed by atoms with Crippen LogP contribution in [0.25, 0.3) is 0 Å². The maximum atomic E-state index is 12.6. The average molecular weight is 497 g/mol. The molecule has 2 aromatic carbocycles. The number of anilines is 2. The Morgan fingerprint density at radius 3 is 2.29 bits per heavy atom. The van der Waals surface area contributed by atoms with Crippen molar-refractivity contribution in [3.05, 3.63) is 54.1 Å². The van der Waals surface area contributed by atoms with Crippen LogP contribution in [0.3, 0.4) is 0 Å². The minimum Gasteiger partial charge on any atom is -0.493 e. The molecule has 3 rings (SSSR count). The third kappa shape index (κ3) is 8.24. The van der Waals surface area contributed by atoms with Crippen LogP contribution in [-0.4, -0.2) is 54.6 Å². The second-order valence-electron chi connectivity index (χ2n) is 9.65. The molecule has 1 saturated heterocycles. The van der Waals surface area contributed by atoms with E-state index in [-0.39, 0.29) is 16.9 Å². The molecule has 8 heteroatoms. The summed E-state index contributed by atoms with van der Waals surface area (Å²) in [5.41, 5.74) is 2.37. The highest BCUT2D eigenvalue weighted by molar-refractivity contribution is 7.80. The Hall–Kier alpha value is -3.13. The van der Waals surface area contributed by atoms with Gasteiger partial charge in [0.15, 0.2) is 5.11 Å². The van der Waals surface area contributed by atoms with E-state index in [1.807, 2.05) is 35.2 Å². The highest BCUT2D eigenvalue weighted by Gasteiger charge is 2.21. The maximum Gasteiger partial charge on any atom is 0.257 e. The van der Waals surface area contributed by atoms with Gasteiger partial charge in [-0.2, -0.15) is 0 Å². The van der Waals surface area contributed by atoms with Crippen LogP contribution in [0.4, 0.5) is 11.4 Å². The van der Waals surface area contributed by atoms with Crippen LogP contribution in [0.2, 0.25) is 0 Å². The summed E-state index contributed by atoms with van der Waals surface area (Å²) < 4.78 is 5.70. The summed E-state index contributed by atoms with van der Waals surface area (Å²) in [6.45, 7) is 12.0. The van der Waals surface area contributed by atoms with Gasteiger partial charge in [-0.25, -0.2) is 0 Å². The van der Waals surface area contributed by atoms with E-state index in [4.69, 9.17) is 17.0 Å². The topological polar surface area (TPSA) is 73.9 Å². The fourth-order valence-electron chi connectivity index (χ4n) is 3.78. The van der Waals surface area contributed by atoms with Gasteiger partial charge in [-0.15, -0.1) is 0 Å². The molecular formula is C27H36N4O3S.